The van der Waals surface area contributed by atoms with Crippen LogP contribution in [0.2, 0.25) is 0 Å². The van der Waals surface area contributed by atoms with Gasteiger partial charge in [-0.25, -0.2) is 8.42 Å². The van der Waals surface area contributed by atoms with Crippen LogP contribution >= 0.6 is 0 Å². The Morgan fingerprint density at radius 1 is 0.967 bits per heavy atom. The van der Waals surface area contributed by atoms with Gasteiger partial charge in [-0.15, -0.1) is 0 Å². The minimum atomic E-state index is -7.43. The van der Waals surface area contributed by atoms with Crippen LogP contribution in [0.5, 0.6) is 0 Å². The van der Waals surface area contributed by atoms with Crippen molar-refractivity contribution in [3.63, 3.8) is 0 Å². The van der Waals surface area contributed by atoms with Gasteiger partial charge in [-0.1, -0.05) is 13.8 Å². The Balaban J connectivity index is 0.000000579. The largest absolute Gasteiger partial charge is 0.743 e. The standard InChI is InChI=1S/C10H17O2S.C4HF9O3S/c1-8(2)10(12)7-13-5-3-9(11)4-6-13;5-1(6,3(9,10)11)2(7,8)4(12,13)17(14,15)16/h8H,3-7H2,1-2H3;(H,14,15,16)/q+1;/p-1. The molecule has 0 aromatic rings. The predicted octanol–water partition coefficient (Wildman–Crippen LogP) is 3.15. The first-order chi connectivity index (χ1) is 13.1. The molecule has 0 aliphatic carbocycles. The van der Waals surface area contributed by atoms with Gasteiger partial charge >= 0.3 is 23.3 Å². The quantitative estimate of drug-likeness (QED) is 0.318. The van der Waals surface area contributed by atoms with Crippen molar-refractivity contribution in [3.05, 3.63) is 0 Å². The molecule has 0 atom stereocenters. The monoisotopic (exact) mass is 500 g/mol. The molecule has 16 heteroatoms. The molecule has 0 spiro atoms. The highest BCUT2D eigenvalue weighted by Crippen LogP contribution is 2.54. The van der Waals surface area contributed by atoms with Crippen molar-refractivity contribution in [1.82, 2.24) is 0 Å². The van der Waals surface area contributed by atoms with Crippen LogP contribution < -0.4 is 0 Å². The third kappa shape index (κ3) is 6.48. The molecule has 1 saturated heterocycles. The molecule has 1 aliphatic heterocycles. The topological polar surface area (TPSA) is 91.3 Å². The first-order valence-corrected chi connectivity index (χ1v) is 11.1. The fourth-order valence-electron chi connectivity index (χ4n) is 1.77. The molecule has 178 valence electrons. The number of Topliss-reactive ketones (excluding diaryl/α,β-unsaturated/α-hetero) is 2. The van der Waals surface area contributed by atoms with Crippen LogP contribution in [0, 0.1) is 5.92 Å². The van der Waals surface area contributed by atoms with Gasteiger partial charge in [-0.05, 0) is 10.9 Å². The van der Waals surface area contributed by atoms with Gasteiger partial charge in [-0.2, -0.15) is 39.5 Å². The van der Waals surface area contributed by atoms with Crippen LogP contribution in [0.1, 0.15) is 26.7 Å². The average Bonchev–Trinajstić information content (AvgIpc) is 2.55. The van der Waals surface area contributed by atoms with Gasteiger partial charge in [0.25, 0.3) is 0 Å². The predicted molar refractivity (Wildman–Crippen MR) is 86.6 cm³/mol. The van der Waals surface area contributed by atoms with Crippen molar-refractivity contribution in [2.24, 2.45) is 5.92 Å². The molecule has 1 aliphatic rings. The number of ketones is 2. The lowest BCUT2D eigenvalue weighted by Crippen LogP contribution is -2.63. The molecule has 1 rings (SSSR count). The van der Waals surface area contributed by atoms with Crippen LogP contribution in [0.25, 0.3) is 0 Å². The summed E-state index contributed by atoms with van der Waals surface area (Å²) in [6.07, 6.45) is -5.76. The van der Waals surface area contributed by atoms with Crippen molar-refractivity contribution in [2.45, 2.75) is 50.0 Å². The number of hydrogen-bond acceptors (Lipinski definition) is 5. The summed E-state index contributed by atoms with van der Waals surface area (Å²) < 4.78 is 135. The third-order valence-corrected chi connectivity index (χ3v) is 6.90. The van der Waals surface area contributed by atoms with Gasteiger partial charge in [0.05, 0.1) is 12.8 Å². The molecule has 0 unspecified atom stereocenters. The Morgan fingerprint density at radius 3 is 1.67 bits per heavy atom. The lowest BCUT2D eigenvalue weighted by Gasteiger charge is -2.34. The van der Waals surface area contributed by atoms with Crippen LogP contribution in [0.3, 0.4) is 0 Å². The van der Waals surface area contributed by atoms with E-state index in [1.807, 2.05) is 13.8 Å². The fraction of sp³-hybridized carbons (Fsp3) is 0.857. The van der Waals surface area contributed by atoms with Crippen LogP contribution in [0.4, 0.5) is 39.5 Å². The summed E-state index contributed by atoms with van der Waals surface area (Å²) >= 11 is 0. The second-order valence-electron chi connectivity index (χ2n) is 6.44. The van der Waals surface area contributed by atoms with E-state index in [-0.39, 0.29) is 16.8 Å². The van der Waals surface area contributed by atoms with Crippen LogP contribution in [-0.2, 0) is 30.6 Å². The van der Waals surface area contributed by atoms with Gasteiger partial charge in [0.2, 0.25) is 0 Å². The minimum Gasteiger partial charge on any atom is -0.743 e. The average molecular weight is 500 g/mol. The number of halogens is 9. The van der Waals surface area contributed by atoms with E-state index in [2.05, 4.69) is 0 Å². The lowest BCUT2D eigenvalue weighted by atomic mass is 10.1. The Kier molecular flexibility index (Phi) is 9.30. The Hall–Kier alpha value is -1.03. The van der Waals surface area contributed by atoms with Gasteiger partial charge in [0, 0.05) is 5.92 Å². The molecule has 0 aromatic carbocycles. The summed E-state index contributed by atoms with van der Waals surface area (Å²) in [7, 11) is -7.20. The Labute approximate surface area is 168 Å². The molecular formula is C14H17F9O5S2. The maximum atomic E-state index is 12.2. The zero-order valence-corrected chi connectivity index (χ0v) is 17.0. The van der Waals surface area contributed by atoms with Gasteiger partial charge in [0.1, 0.15) is 17.3 Å². The van der Waals surface area contributed by atoms with E-state index in [4.69, 9.17) is 0 Å². The van der Waals surface area contributed by atoms with Crippen molar-refractivity contribution >= 4 is 32.6 Å². The lowest BCUT2D eigenvalue weighted by molar-refractivity contribution is -0.382. The Bertz CT molecular complexity index is 723. The van der Waals surface area contributed by atoms with Crippen molar-refractivity contribution < 1.29 is 62.1 Å². The maximum absolute atomic E-state index is 12.2. The molecule has 5 nitrogen and oxygen atoms in total. The van der Waals surface area contributed by atoms with Crippen molar-refractivity contribution in [1.29, 1.82) is 0 Å². The molecule has 30 heavy (non-hydrogen) atoms. The molecule has 0 saturated carbocycles. The van der Waals surface area contributed by atoms with E-state index in [0.717, 1.165) is 11.5 Å². The van der Waals surface area contributed by atoms with Gasteiger partial charge in [-0.3, -0.25) is 9.59 Å². The molecule has 0 aromatic heterocycles. The molecule has 0 radical (unpaired) electrons. The first-order valence-electron chi connectivity index (χ1n) is 7.93. The normalized spacial score (nSPS) is 17.6. The van der Waals surface area contributed by atoms with Gasteiger partial charge < -0.3 is 4.55 Å². The number of alkyl halides is 9. The Morgan fingerprint density at radius 2 is 1.37 bits per heavy atom. The SMILES string of the molecule is CC(C)C(=O)C[S+]1CCC(=O)CC1.O=S(=O)([O-])C(F)(F)C(F)(F)C(F)(F)C(F)(F)F. The second kappa shape index (κ2) is 9.63. The highest BCUT2D eigenvalue weighted by molar-refractivity contribution is 7.97. The molecule has 1 fully saturated rings. The summed E-state index contributed by atoms with van der Waals surface area (Å²) in [5, 5.41) is -7.11. The first kappa shape index (κ1) is 29.0. The molecular weight excluding hydrogens is 483 g/mol. The maximum Gasteiger partial charge on any atom is 0.460 e. The van der Waals surface area contributed by atoms with Crippen LogP contribution in [-0.4, -0.2) is 65.1 Å². The number of rotatable bonds is 6. The van der Waals surface area contributed by atoms with Crippen molar-refractivity contribution in [2.75, 3.05) is 17.3 Å². The zero-order valence-electron chi connectivity index (χ0n) is 15.4. The van der Waals surface area contributed by atoms with E-state index in [9.17, 15) is 62.1 Å². The fourth-order valence-corrected chi connectivity index (χ4v) is 4.48. The number of hydrogen-bond donors (Lipinski definition) is 0. The summed E-state index contributed by atoms with van der Waals surface area (Å²) in [6, 6.07) is 0. The molecule has 0 bridgehead atoms. The van der Waals surface area contributed by atoms with E-state index in [0.29, 0.717) is 30.2 Å². The summed E-state index contributed by atoms with van der Waals surface area (Å²) in [4.78, 5) is 22.4. The summed E-state index contributed by atoms with van der Waals surface area (Å²) in [5.41, 5.74) is 0. The molecule has 1 heterocycles. The summed E-state index contributed by atoms with van der Waals surface area (Å²) in [6.45, 7) is 3.89. The number of carbonyl (C=O) groups is 2. The van der Waals surface area contributed by atoms with E-state index in [1.165, 1.54) is 0 Å². The number of carbonyl (C=O) groups excluding carboxylic acids is 2. The third-order valence-electron chi connectivity index (χ3n) is 3.76. The smallest absolute Gasteiger partial charge is 0.460 e. The van der Waals surface area contributed by atoms with Crippen LogP contribution in [0.15, 0.2) is 0 Å². The summed E-state index contributed by atoms with van der Waals surface area (Å²) in [5.74, 6) is -11.3. The van der Waals surface area contributed by atoms with Crippen molar-refractivity contribution in [3.8, 4) is 0 Å². The van der Waals surface area contributed by atoms with E-state index >= 15 is 0 Å². The molecule has 0 amide bonds. The van der Waals surface area contributed by atoms with E-state index < -0.39 is 33.4 Å². The zero-order chi connectivity index (χ0) is 24.3. The van der Waals surface area contributed by atoms with E-state index in [1.54, 1.807) is 0 Å². The minimum absolute atomic E-state index is 0.158. The highest BCUT2D eigenvalue weighted by Gasteiger charge is 2.83. The molecule has 0 N–H and O–H groups in total. The second-order valence-corrected chi connectivity index (χ2v) is 10.2. The van der Waals surface area contributed by atoms with Gasteiger partial charge in [0.15, 0.2) is 21.7 Å². The highest BCUT2D eigenvalue weighted by atomic mass is 32.2.